The maximum Gasteiger partial charge on any atom is 0.295 e. The lowest BCUT2D eigenvalue weighted by Crippen LogP contribution is -3.15. The van der Waals surface area contributed by atoms with E-state index in [4.69, 9.17) is 0 Å². The molecule has 0 aliphatic carbocycles. The third kappa shape index (κ3) is 5.41. The van der Waals surface area contributed by atoms with E-state index in [0.717, 1.165) is 10.5 Å². The van der Waals surface area contributed by atoms with Crippen molar-refractivity contribution in [3.63, 3.8) is 0 Å². The van der Waals surface area contributed by atoms with Crippen molar-refractivity contribution in [3.05, 3.63) is 59.7 Å². The molecule has 2 aromatic rings. The van der Waals surface area contributed by atoms with Gasteiger partial charge in [0.25, 0.3) is 5.91 Å². The third-order valence-electron chi connectivity index (χ3n) is 4.83. The number of aryl methyl sites for hydroxylation is 1. The predicted octanol–water partition coefficient (Wildman–Crippen LogP) is -0.260. The van der Waals surface area contributed by atoms with Crippen LogP contribution in [0.4, 0.5) is 0 Å². The summed E-state index contributed by atoms with van der Waals surface area (Å²) in [5.41, 5.74) is 3.96. The van der Waals surface area contributed by atoms with E-state index in [9.17, 15) is 18.3 Å². The summed E-state index contributed by atoms with van der Waals surface area (Å²) in [6, 6.07) is 13.5. The molecule has 0 aromatic heterocycles. The smallest absolute Gasteiger partial charge is 0.295 e. The molecule has 29 heavy (non-hydrogen) atoms. The van der Waals surface area contributed by atoms with Gasteiger partial charge in [-0.1, -0.05) is 29.8 Å². The van der Waals surface area contributed by atoms with E-state index in [0.29, 0.717) is 36.6 Å². The highest BCUT2D eigenvalue weighted by Gasteiger charge is 2.31. The number of phenols is 1. The number of sulfonamides is 1. The molecule has 2 aromatic carbocycles. The second-order valence-electron chi connectivity index (χ2n) is 7.00. The standard InChI is InChI=1S/C20H24N4O4S/c1-16-6-8-18(9-7-16)29(27,28)24-12-10-23(11-13-24)15-20(26)22-21-14-17-4-2-3-5-19(17)25/h2-9,14,25H,10-13,15H2,1H3,(H,22,26)/p+1/b21-14+. The van der Waals surface area contributed by atoms with E-state index in [1.807, 2.05) is 6.92 Å². The van der Waals surface area contributed by atoms with Crippen molar-refractivity contribution in [2.24, 2.45) is 5.10 Å². The largest absolute Gasteiger partial charge is 0.507 e. The topological polar surface area (TPSA) is 104 Å². The van der Waals surface area contributed by atoms with Gasteiger partial charge in [0, 0.05) is 5.56 Å². The molecule has 0 unspecified atom stereocenters. The van der Waals surface area contributed by atoms with Crippen molar-refractivity contribution in [1.29, 1.82) is 0 Å². The summed E-state index contributed by atoms with van der Waals surface area (Å²) < 4.78 is 26.9. The Morgan fingerprint density at radius 2 is 1.83 bits per heavy atom. The molecule has 1 heterocycles. The van der Waals surface area contributed by atoms with Crippen LogP contribution in [0.3, 0.4) is 0 Å². The number of aromatic hydroxyl groups is 1. The Labute approximate surface area is 170 Å². The number of amides is 1. The highest BCUT2D eigenvalue weighted by Crippen LogP contribution is 2.16. The number of nitrogens with zero attached hydrogens (tertiary/aromatic N) is 2. The van der Waals surface area contributed by atoms with Crippen molar-refractivity contribution in [2.45, 2.75) is 11.8 Å². The van der Waals surface area contributed by atoms with E-state index < -0.39 is 10.0 Å². The molecule has 154 valence electrons. The average molecular weight is 418 g/mol. The molecule has 1 amide bonds. The Kier molecular flexibility index (Phi) is 6.63. The zero-order valence-electron chi connectivity index (χ0n) is 16.2. The summed E-state index contributed by atoms with van der Waals surface area (Å²) in [4.78, 5) is 13.4. The summed E-state index contributed by atoms with van der Waals surface area (Å²) in [6.45, 7) is 3.93. The van der Waals surface area contributed by atoms with Crippen molar-refractivity contribution in [1.82, 2.24) is 9.73 Å². The minimum absolute atomic E-state index is 0.0852. The number of hydrazone groups is 1. The molecule has 0 bridgehead atoms. The number of piperazine rings is 1. The van der Waals surface area contributed by atoms with Gasteiger partial charge in [0.05, 0.1) is 37.3 Å². The van der Waals surface area contributed by atoms with E-state index in [-0.39, 0.29) is 18.2 Å². The first kappa shape index (κ1) is 21.0. The Morgan fingerprint density at radius 1 is 1.17 bits per heavy atom. The minimum atomic E-state index is -3.51. The Bertz CT molecular complexity index is 982. The number of carbonyl (C=O) groups is 1. The fourth-order valence-electron chi connectivity index (χ4n) is 3.12. The number of benzene rings is 2. The summed E-state index contributed by atoms with van der Waals surface area (Å²) in [5, 5.41) is 13.5. The van der Waals surface area contributed by atoms with Crippen LogP contribution in [0.1, 0.15) is 11.1 Å². The maximum atomic E-state index is 12.7. The molecule has 3 rings (SSSR count). The third-order valence-corrected chi connectivity index (χ3v) is 6.74. The number of para-hydroxylation sites is 1. The number of rotatable bonds is 6. The van der Waals surface area contributed by atoms with Crippen LogP contribution < -0.4 is 10.3 Å². The molecule has 1 aliphatic rings. The van der Waals surface area contributed by atoms with Crippen LogP contribution in [0.15, 0.2) is 58.5 Å². The van der Waals surface area contributed by atoms with Gasteiger partial charge in [0.15, 0.2) is 6.54 Å². The van der Waals surface area contributed by atoms with Crippen LogP contribution in [-0.4, -0.2) is 62.7 Å². The van der Waals surface area contributed by atoms with Crippen molar-refractivity contribution in [3.8, 4) is 5.75 Å². The number of quaternary nitrogens is 1. The Morgan fingerprint density at radius 3 is 2.48 bits per heavy atom. The maximum absolute atomic E-state index is 12.7. The van der Waals surface area contributed by atoms with E-state index in [1.54, 1.807) is 42.5 Å². The lowest BCUT2D eigenvalue weighted by Gasteiger charge is -2.31. The first-order chi connectivity index (χ1) is 13.9. The molecule has 8 nitrogen and oxygen atoms in total. The molecule has 0 spiro atoms. The number of hydrogen-bond acceptors (Lipinski definition) is 5. The summed E-state index contributed by atoms with van der Waals surface area (Å²) >= 11 is 0. The number of hydrogen-bond donors (Lipinski definition) is 3. The van der Waals surface area contributed by atoms with Crippen LogP contribution in [0.25, 0.3) is 0 Å². The van der Waals surface area contributed by atoms with Gasteiger partial charge in [0.2, 0.25) is 10.0 Å². The second-order valence-corrected chi connectivity index (χ2v) is 8.93. The zero-order valence-corrected chi connectivity index (χ0v) is 17.0. The molecule has 0 radical (unpaired) electrons. The van der Waals surface area contributed by atoms with Crippen LogP contribution in [0.2, 0.25) is 0 Å². The predicted molar refractivity (Wildman–Crippen MR) is 109 cm³/mol. The molecule has 1 aliphatic heterocycles. The fraction of sp³-hybridized carbons (Fsp3) is 0.300. The van der Waals surface area contributed by atoms with E-state index >= 15 is 0 Å². The number of phenolic OH excluding ortho intramolecular Hbond substituents is 1. The van der Waals surface area contributed by atoms with E-state index in [1.165, 1.54) is 16.6 Å². The van der Waals surface area contributed by atoms with Gasteiger partial charge in [-0.15, -0.1) is 0 Å². The van der Waals surface area contributed by atoms with Crippen molar-refractivity contribution in [2.75, 3.05) is 32.7 Å². The minimum Gasteiger partial charge on any atom is -0.507 e. The summed E-state index contributed by atoms with van der Waals surface area (Å²) in [5.74, 6) is -0.177. The second kappa shape index (κ2) is 9.17. The molecule has 1 saturated heterocycles. The van der Waals surface area contributed by atoms with Crippen molar-refractivity contribution >= 4 is 22.1 Å². The molecular formula is C20H25N4O4S+. The van der Waals surface area contributed by atoms with Gasteiger partial charge in [0.1, 0.15) is 5.75 Å². The molecule has 3 N–H and O–H groups in total. The van der Waals surface area contributed by atoms with Gasteiger partial charge >= 0.3 is 0 Å². The Hall–Kier alpha value is -2.75. The lowest BCUT2D eigenvalue weighted by molar-refractivity contribution is -0.895. The molecule has 0 atom stereocenters. The highest BCUT2D eigenvalue weighted by atomic mass is 32.2. The highest BCUT2D eigenvalue weighted by molar-refractivity contribution is 7.89. The average Bonchev–Trinajstić information content (AvgIpc) is 2.70. The first-order valence-corrected chi connectivity index (χ1v) is 10.8. The summed E-state index contributed by atoms with van der Waals surface area (Å²) in [6.07, 6.45) is 1.38. The Balaban J connectivity index is 1.48. The van der Waals surface area contributed by atoms with Gasteiger partial charge in [-0.25, -0.2) is 13.8 Å². The van der Waals surface area contributed by atoms with Crippen LogP contribution in [-0.2, 0) is 14.8 Å². The monoisotopic (exact) mass is 417 g/mol. The first-order valence-electron chi connectivity index (χ1n) is 9.36. The normalized spacial score (nSPS) is 16.2. The zero-order chi connectivity index (χ0) is 20.9. The number of nitrogens with one attached hydrogen (secondary N) is 2. The molecule has 1 fully saturated rings. The summed E-state index contributed by atoms with van der Waals surface area (Å²) in [7, 11) is -3.51. The van der Waals surface area contributed by atoms with Crippen LogP contribution in [0.5, 0.6) is 5.75 Å². The number of carbonyl (C=O) groups excluding carboxylic acids is 1. The van der Waals surface area contributed by atoms with Crippen molar-refractivity contribution < 1.29 is 23.2 Å². The van der Waals surface area contributed by atoms with Gasteiger partial charge in [-0.2, -0.15) is 9.41 Å². The van der Waals surface area contributed by atoms with Gasteiger partial charge in [-0.05, 0) is 31.2 Å². The van der Waals surface area contributed by atoms with Crippen LogP contribution >= 0.6 is 0 Å². The molecule has 0 saturated carbocycles. The SMILES string of the molecule is Cc1ccc(S(=O)(=O)N2CC[NH+](CC(=O)N/N=C/c3ccccc3O)CC2)cc1. The lowest BCUT2D eigenvalue weighted by atomic mass is 10.2. The fourth-order valence-corrected chi connectivity index (χ4v) is 4.56. The molecule has 9 heteroatoms. The quantitative estimate of drug-likeness (QED) is 0.445. The van der Waals surface area contributed by atoms with Crippen LogP contribution in [0, 0.1) is 6.92 Å². The van der Waals surface area contributed by atoms with E-state index in [2.05, 4.69) is 10.5 Å². The van der Waals surface area contributed by atoms with Gasteiger partial charge in [-0.3, -0.25) is 4.79 Å². The molecular weight excluding hydrogens is 392 g/mol. The van der Waals surface area contributed by atoms with Gasteiger partial charge < -0.3 is 10.0 Å².